The van der Waals surface area contributed by atoms with Crippen molar-refractivity contribution in [3.8, 4) is 0 Å². The summed E-state index contributed by atoms with van der Waals surface area (Å²) in [6, 6.07) is 3.80. The smallest absolute Gasteiger partial charge is 0.305 e. The van der Waals surface area contributed by atoms with E-state index in [1.165, 1.54) is 116 Å². The van der Waals surface area contributed by atoms with Gasteiger partial charge in [-0.1, -0.05) is 185 Å². The van der Waals surface area contributed by atoms with E-state index >= 15 is 0 Å². The number of nitrogens with zero attached hydrogens (tertiary/aromatic N) is 1. The molecule has 6 atom stereocenters. The summed E-state index contributed by atoms with van der Waals surface area (Å²) >= 11 is 0. The van der Waals surface area contributed by atoms with E-state index in [9.17, 15) is 4.57 Å². The first-order chi connectivity index (χ1) is 24.2. The third kappa shape index (κ3) is 25.9. The number of hydrogen-bond acceptors (Lipinski definition) is 3. The van der Waals surface area contributed by atoms with Crippen molar-refractivity contribution in [2.24, 2.45) is 54.4 Å². The lowest BCUT2D eigenvalue weighted by atomic mass is 9.91. The Labute approximate surface area is 320 Å². The van der Waals surface area contributed by atoms with Crippen LogP contribution in [0.25, 0.3) is 0 Å². The first-order valence-corrected chi connectivity index (χ1v) is 23.6. The SMILES string of the molecule is CC(C)CCCC(C)CCCC(C)CCCC(C)CCOP(=O)(OCCC(C)CCCC(C)CCCC(C)CCCC(C)C)c1cc[n+](C)cc1. The Balaban J connectivity index is 2.35. The van der Waals surface area contributed by atoms with E-state index in [1.807, 2.05) is 36.1 Å². The zero-order valence-electron chi connectivity index (χ0n) is 36.1. The van der Waals surface area contributed by atoms with Crippen LogP contribution < -0.4 is 9.87 Å². The van der Waals surface area contributed by atoms with Crippen LogP contribution in [0.2, 0.25) is 0 Å². The predicted octanol–water partition coefficient (Wildman–Crippen LogP) is 14.3. The van der Waals surface area contributed by atoms with Gasteiger partial charge in [-0.25, -0.2) is 4.57 Å². The highest BCUT2D eigenvalue weighted by Crippen LogP contribution is 2.47. The van der Waals surface area contributed by atoms with Gasteiger partial charge in [-0.15, -0.1) is 0 Å². The molecule has 1 heterocycles. The molecule has 4 nitrogen and oxygen atoms in total. The van der Waals surface area contributed by atoms with Gasteiger partial charge >= 0.3 is 7.60 Å². The average molecular weight is 735 g/mol. The molecule has 0 aliphatic heterocycles. The Bertz CT molecular complexity index is 941. The summed E-state index contributed by atoms with van der Waals surface area (Å²) in [7, 11) is -1.39. The molecule has 1 aromatic heterocycles. The number of aromatic nitrogens is 1. The summed E-state index contributed by atoms with van der Waals surface area (Å²) in [5, 5.41) is 0.673. The van der Waals surface area contributed by atoms with Gasteiger partial charge in [0.15, 0.2) is 12.4 Å². The van der Waals surface area contributed by atoms with E-state index in [0.717, 1.165) is 48.3 Å². The lowest BCUT2D eigenvalue weighted by Gasteiger charge is -2.21. The maximum Gasteiger partial charge on any atom is 0.361 e. The van der Waals surface area contributed by atoms with Gasteiger partial charge in [0.25, 0.3) is 0 Å². The first kappa shape index (κ1) is 48.3. The van der Waals surface area contributed by atoms with Gasteiger partial charge in [0.1, 0.15) is 7.05 Å². The predicted molar refractivity (Wildman–Crippen MR) is 224 cm³/mol. The molecule has 300 valence electrons. The summed E-state index contributed by atoms with van der Waals surface area (Å²) < 4.78 is 28.4. The van der Waals surface area contributed by atoms with Crippen molar-refractivity contribution < 1.29 is 18.2 Å². The molecule has 0 radical (unpaired) electrons. The highest BCUT2D eigenvalue weighted by atomic mass is 31.2. The summed E-state index contributed by atoms with van der Waals surface area (Å²) in [5.74, 6) is 6.13. The van der Waals surface area contributed by atoms with Crippen LogP contribution in [0.4, 0.5) is 0 Å². The maximum absolute atomic E-state index is 14.1. The molecule has 51 heavy (non-hydrogen) atoms. The molecular formula is C46H89NO3P+. The van der Waals surface area contributed by atoms with E-state index in [2.05, 4.69) is 69.2 Å². The van der Waals surface area contributed by atoms with Crippen LogP contribution in [0.15, 0.2) is 24.5 Å². The largest absolute Gasteiger partial charge is 0.361 e. The zero-order chi connectivity index (χ0) is 38.1. The summed E-state index contributed by atoms with van der Waals surface area (Å²) in [4.78, 5) is 0. The van der Waals surface area contributed by atoms with E-state index in [1.54, 1.807) is 0 Å². The molecular weight excluding hydrogens is 645 g/mol. The van der Waals surface area contributed by atoms with E-state index < -0.39 is 7.60 Å². The zero-order valence-corrected chi connectivity index (χ0v) is 37.0. The minimum Gasteiger partial charge on any atom is -0.305 e. The number of aryl methyl sites for hydroxylation is 1. The highest BCUT2D eigenvalue weighted by molar-refractivity contribution is 7.62. The molecule has 0 saturated carbocycles. The minimum absolute atomic E-state index is 0.480. The topological polar surface area (TPSA) is 39.4 Å². The molecule has 6 unspecified atom stereocenters. The van der Waals surface area contributed by atoms with Crippen LogP contribution in [-0.2, 0) is 20.7 Å². The number of pyridine rings is 1. The molecule has 1 rings (SSSR count). The van der Waals surface area contributed by atoms with Crippen molar-refractivity contribution in [2.75, 3.05) is 13.2 Å². The standard InChI is InChI=1S/C46H89NO3P/c1-38(2)18-12-20-40(5)22-14-24-42(7)26-16-28-44(9)32-36-49-51(48,46-30-34-47(11)35-31-46)50-37-33-45(10)29-17-27-43(8)25-15-23-41(6)21-13-19-39(3)4/h30-31,34-35,38-45H,12-29,32-33,36-37H2,1-11H3/q+1. The van der Waals surface area contributed by atoms with Gasteiger partial charge in [0, 0.05) is 12.1 Å². The van der Waals surface area contributed by atoms with E-state index in [4.69, 9.17) is 9.05 Å². The van der Waals surface area contributed by atoms with Gasteiger partial charge in [-0.2, -0.15) is 0 Å². The molecule has 0 aliphatic rings. The van der Waals surface area contributed by atoms with Gasteiger partial charge in [0.05, 0.1) is 18.5 Å². The van der Waals surface area contributed by atoms with Crippen LogP contribution in [0.3, 0.4) is 0 Å². The molecule has 0 amide bonds. The van der Waals surface area contributed by atoms with Gasteiger partial charge < -0.3 is 9.05 Å². The molecule has 0 N–H and O–H groups in total. The van der Waals surface area contributed by atoms with E-state index in [-0.39, 0.29) is 0 Å². The Morgan fingerprint density at radius 3 is 0.980 bits per heavy atom. The maximum atomic E-state index is 14.1. The molecule has 0 aromatic carbocycles. The molecule has 0 fully saturated rings. The normalized spacial score (nSPS) is 17.0. The number of hydrogen-bond donors (Lipinski definition) is 0. The second kappa shape index (κ2) is 28.7. The minimum atomic E-state index is -3.37. The quantitative estimate of drug-likeness (QED) is 0.0533. The summed E-state index contributed by atoms with van der Waals surface area (Å²) in [6.45, 7) is 24.7. The Kier molecular flexibility index (Phi) is 27.2. The van der Waals surface area contributed by atoms with Crippen LogP contribution in [0.1, 0.15) is 198 Å². The van der Waals surface area contributed by atoms with Crippen molar-refractivity contribution in [2.45, 2.75) is 198 Å². The lowest BCUT2D eigenvalue weighted by molar-refractivity contribution is -0.671. The second-order valence-corrected chi connectivity index (χ2v) is 20.5. The van der Waals surface area contributed by atoms with Crippen molar-refractivity contribution in [1.29, 1.82) is 0 Å². The Morgan fingerprint density at radius 2 is 0.706 bits per heavy atom. The highest BCUT2D eigenvalue weighted by Gasteiger charge is 2.29. The molecule has 0 bridgehead atoms. The second-order valence-electron chi connectivity index (χ2n) is 18.5. The molecule has 1 aromatic rings. The van der Waals surface area contributed by atoms with Crippen LogP contribution in [0, 0.1) is 47.3 Å². The van der Waals surface area contributed by atoms with Crippen molar-refractivity contribution in [1.82, 2.24) is 0 Å². The lowest BCUT2D eigenvalue weighted by Crippen LogP contribution is -2.28. The van der Waals surface area contributed by atoms with Crippen molar-refractivity contribution in [3.63, 3.8) is 0 Å². The third-order valence-corrected chi connectivity index (χ3v) is 13.5. The summed E-state index contributed by atoms with van der Waals surface area (Å²) in [5.41, 5.74) is 0. The average Bonchev–Trinajstić information content (AvgIpc) is 3.04. The van der Waals surface area contributed by atoms with Crippen LogP contribution >= 0.6 is 7.60 Å². The Morgan fingerprint density at radius 1 is 0.451 bits per heavy atom. The first-order valence-electron chi connectivity index (χ1n) is 22.0. The van der Waals surface area contributed by atoms with Crippen molar-refractivity contribution in [3.05, 3.63) is 24.5 Å². The number of rotatable bonds is 33. The van der Waals surface area contributed by atoms with Gasteiger partial charge in [0.2, 0.25) is 0 Å². The summed E-state index contributed by atoms with van der Waals surface area (Å²) in [6.07, 6.45) is 29.8. The molecule has 0 aliphatic carbocycles. The fraction of sp³-hybridized carbons (Fsp3) is 0.891. The molecule has 5 heteroatoms. The van der Waals surface area contributed by atoms with Crippen LogP contribution in [-0.4, -0.2) is 13.2 Å². The Hall–Kier alpha value is -0.700. The fourth-order valence-electron chi connectivity index (χ4n) is 7.48. The van der Waals surface area contributed by atoms with Gasteiger partial charge in [-0.05, 0) is 60.2 Å². The third-order valence-electron chi connectivity index (χ3n) is 11.6. The van der Waals surface area contributed by atoms with Crippen molar-refractivity contribution >= 4 is 12.9 Å². The fourth-order valence-corrected chi connectivity index (χ4v) is 9.05. The van der Waals surface area contributed by atoms with E-state index in [0.29, 0.717) is 30.4 Å². The van der Waals surface area contributed by atoms with Gasteiger partial charge in [-0.3, -0.25) is 4.57 Å². The molecule has 0 spiro atoms. The molecule has 0 saturated heterocycles. The monoisotopic (exact) mass is 735 g/mol. The van der Waals surface area contributed by atoms with Crippen LogP contribution in [0.5, 0.6) is 0 Å².